The average molecular weight is 368 g/mol. The normalized spacial score (nSPS) is 16.8. The molecule has 1 aliphatic rings. The first kappa shape index (κ1) is 19.7. The number of carbonyl (C=O) groups excluding carboxylic acids is 1. The van der Waals surface area contributed by atoms with Crippen LogP contribution < -0.4 is 4.74 Å². The van der Waals surface area contributed by atoms with Crippen molar-refractivity contribution in [3.05, 3.63) is 23.3 Å². The van der Waals surface area contributed by atoms with E-state index in [9.17, 15) is 13.2 Å². The van der Waals surface area contributed by atoms with Crippen LogP contribution in [0.15, 0.2) is 17.0 Å². The zero-order valence-electron chi connectivity index (χ0n) is 15.9. The second-order valence-corrected chi connectivity index (χ2v) is 9.47. The second-order valence-electron chi connectivity index (χ2n) is 7.56. The van der Waals surface area contributed by atoms with Gasteiger partial charge >= 0.3 is 0 Å². The summed E-state index contributed by atoms with van der Waals surface area (Å²) in [4.78, 5) is 14.3. The van der Waals surface area contributed by atoms with E-state index >= 15 is 0 Å². The summed E-state index contributed by atoms with van der Waals surface area (Å²) in [6.07, 6.45) is 0. The van der Waals surface area contributed by atoms with Gasteiger partial charge in [-0.1, -0.05) is 26.8 Å². The topological polar surface area (TPSA) is 66.9 Å². The van der Waals surface area contributed by atoms with E-state index in [0.717, 1.165) is 11.1 Å². The molecule has 1 aromatic rings. The third kappa shape index (κ3) is 3.98. The van der Waals surface area contributed by atoms with Crippen molar-refractivity contribution in [2.45, 2.75) is 39.5 Å². The third-order valence-corrected chi connectivity index (χ3v) is 6.28. The van der Waals surface area contributed by atoms with E-state index in [1.807, 2.05) is 40.7 Å². The number of rotatable bonds is 3. The third-order valence-electron chi connectivity index (χ3n) is 4.37. The lowest BCUT2D eigenvalue weighted by Crippen LogP contribution is -2.52. The Morgan fingerprint density at radius 1 is 1.08 bits per heavy atom. The van der Waals surface area contributed by atoms with Crippen LogP contribution in [0.25, 0.3) is 0 Å². The summed E-state index contributed by atoms with van der Waals surface area (Å²) in [5.41, 5.74) is 1.21. The summed E-state index contributed by atoms with van der Waals surface area (Å²) in [6.45, 7) is 10.7. The minimum Gasteiger partial charge on any atom is -0.495 e. The van der Waals surface area contributed by atoms with Crippen LogP contribution in [-0.2, 0) is 14.8 Å². The van der Waals surface area contributed by atoms with Gasteiger partial charge in [-0.2, -0.15) is 4.31 Å². The smallest absolute Gasteiger partial charge is 0.246 e. The Morgan fingerprint density at radius 2 is 1.64 bits per heavy atom. The van der Waals surface area contributed by atoms with Gasteiger partial charge in [0.15, 0.2) is 0 Å². The first-order valence-electron chi connectivity index (χ1n) is 8.43. The van der Waals surface area contributed by atoms with E-state index in [4.69, 9.17) is 4.74 Å². The fourth-order valence-corrected chi connectivity index (χ4v) is 4.85. The lowest BCUT2D eigenvalue weighted by molar-refractivity contribution is -0.140. The molecule has 1 saturated heterocycles. The van der Waals surface area contributed by atoms with Gasteiger partial charge in [-0.15, -0.1) is 0 Å². The minimum absolute atomic E-state index is 0.0496. The number of sulfonamides is 1. The van der Waals surface area contributed by atoms with Gasteiger partial charge < -0.3 is 9.64 Å². The predicted molar refractivity (Wildman–Crippen MR) is 97.3 cm³/mol. The van der Waals surface area contributed by atoms with Gasteiger partial charge in [0, 0.05) is 31.6 Å². The molecule has 0 spiro atoms. The Bertz CT molecular complexity index is 758. The zero-order valence-corrected chi connectivity index (χ0v) is 16.7. The summed E-state index contributed by atoms with van der Waals surface area (Å²) in [7, 11) is -2.18. The van der Waals surface area contributed by atoms with Crippen molar-refractivity contribution in [1.29, 1.82) is 0 Å². The van der Waals surface area contributed by atoms with Crippen molar-refractivity contribution >= 4 is 15.9 Å². The largest absolute Gasteiger partial charge is 0.495 e. The van der Waals surface area contributed by atoms with E-state index in [1.54, 1.807) is 11.0 Å². The highest BCUT2D eigenvalue weighted by molar-refractivity contribution is 7.89. The molecule has 7 heteroatoms. The number of methoxy groups -OCH3 is 1. The number of benzene rings is 1. The van der Waals surface area contributed by atoms with Gasteiger partial charge in [-0.3, -0.25) is 4.79 Å². The minimum atomic E-state index is -3.66. The lowest BCUT2D eigenvalue weighted by atomic mass is 9.94. The van der Waals surface area contributed by atoms with Crippen molar-refractivity contribution in [2.24, 2.45) is 5.41 Å². The highest BCUT2D eigenvalue weighted by Crippen LogP contribution is 2.32. The molecule has 0 bridgehead atoms. The van der Waals surface area contributed by atoms with E-state index in [1.165, 1.54) is 11.4 Å². The highest BCUT2D eigenvalue weighted by Gasteiger charge is 2.35. The van der Waals surface area contributed by atoms with E-state index in [2.05, 4.69) is 0 Å². The summed E-state index contributed by atoms with van der Waals surface area (Å²) in [5, 5.41) is 0. The Kier molecular flexibility index (Phi) is 5.49. The van der Waals surface area contributed by atoms with Gasteiger partial charge in [-0.25, -0.2) is 8.42 Å². The van der Waals surface area contributed by atoms with Crippen LogP contribution in [0.2, 0.25) is 0 Å². The van der Waals surface area contributed by atoms with Crippen molar-refractivity contribution in [2.75, 3.05) is 33.3 Å². The van der Waals surface area contributed by atoms with Gasteiger partial charge in [0.05, 0.1) is 7.11 Å². The standard InChI is InChI=1S/C18H28N2O4S/c1-13-11-14(2)16(24-6)15(12-13)25(22,23)20-9-7-19(8-10-20)17(21)18(3,4)5/h11-12H,7-10H2,1-6H3. The molecule has 1 aromatic carbocycles. The van der Waals surface area contributed by atoms with Crippen molar-refractivity contribution in [3.63, 3.8) is 0 Å². The van der Waals surface area contributed by atoms with Crippen molar-refractivity contribution < 1.29 is 17.9 Å². The molecule has 0 aromatic heterocycles. The summed E-state index contributed by atoms with van der Waals surface area (Å²) < 4.78 is 33.0. The number of nitrogens with zero attached hydrogens (tertiary/aromatic N) is 2. The second kappa shape index (κ2) is 6.96. The Morgan fingerprint density at radius 3 is 2.12 bits per heavy atom. The van der Waals surface area contributed by atoms with E-state index in [-0.39, 0.29) is 10.8 Å². The van der Waals surface area contributed by atoms with Gasteiger partial charge in [0.25, 0.3) is 0 Å². The maximum Gasteiger partial charge on any atom is 0.246 e. The van der Waals surface area contributed by atoms with E-state index in [0.29, 0.717) is 31.9 Å². The fourth-order valence-electron chi connectivity index (χ4n) is 3.11. The number of hydrogen-bond donors (Lipinski definition) is 0. The van der Waals surface area contributed by atoms with Crippen LogP contribution in [0.5, 0.6) is 5.75 Å². The highest BCUT2D eigenvalue weighted by atomic mass is 32.2. The van der Waals surface area contributed by atoms with Crippen molar-refractivity contribution in [3.8, 4) is 5.75 Å². The SMILES string of the molecule is COc1c(C)cc(C)cc1S(=O)(=O)N1CCN(C(=O)C(C)(C)C)CC1. The molecular weight excluding hydrogens is 340 g/mol. The quantitative estimate of drug-likeness (QED) is 0.820. The Balaban J connectivity index is 2.25. The number of amides is 1. The molecule has 140 valence electrons. The maximum absolute atomic E-state index is 13.1. The average Bonchev–Trinajstić information content (AvgIpc) is 2.52. The van der Waals surface area contributed by atoms with Crippen LogP contribution >= 0.6 is 0 Å². The molecule has 1 heterocycles. The van der Waals surface area contributed by atoms with E-state index < -0.39 is 15.4 Å². The molecule has 0 unspecified atom stereocenters. The fraction of sp³-hybridized carbons (Fsp3) is 0.611. The number of aryl methyl sites for hydroxylation is 2. The number of piperazine rings is 1. The molecule has 0 radical (unpaired) electrons. The molecule has 0 aliphatic carbocycles. The van der Waals surface area contributed by atoms with Gasteiger partial charge in [0.2, 0.25) is 15.9 Å². The van der Waals surface area contributed by atoms with Crippen LogP contribution in [0.1, 0.15) is 31.9 Å². The Labute approximate surface area is 150 Å². The zero-order chi connectivity index (χ0) is 19.0. The lowest BCUT2D eigenvalue weighted by Gasteiger charge is -2.37. The van der Waals surface area contributed by atoms with Crippen molar-refractivity contribution in [1.82, 2.24) is 9.21 Å². The van der Waals surface area contributed by atoms with Crippen LogP contribution in [0.4, 0.5) is 0 Å². The molecular formula is C18H28N2O4S. The van der Waals surface area contributed by atoms with Gasteiger partial charge in [-0.05, 0) is 31.0 Å². The summed E-state index contributed by atoms with van der Waals surface area (Å²) in [5.74, 6) is 0.437. The van der Waals surface area contributed by atoms with Crippen LogP contribution in [0.3, 0.4) is 0 Å². The summed E-state index contributed by atoms with van der Waals surface area (Å²) >= 11 is 0. The van der Waals surface area contributed by atoms with Crippen LogP contribution in [-0.4, -0.2) is 56.8 Å². The molecule has 1 fully saturated rings. The maximum atomic E-state index is 13.1. The molecule has 0 N–H and O–H groups in total. The predicted octanol–water partition coefficient (Wildman–Crippen LogP) is 2.19. The molecule has 2 rings (SSSR count). The molecule has 1 aliphatic heterocycles. The molecule has 1 amide bonds. The molecule has 0 atom stereocenters. The van der Waals surface area contributed by atoms with Crippen LogP contribution in [0, 0.1) is 19.3 Å². The Hall–Kier alpha value is -1.60. The first-order chi connectivity index (χ1) is 11.5. The number of carbonyl (C=O) groups is 1. The number of ether oxygens (including phenoxy) is 1. The van der Waals surface area contributed by atoms with Gasteiger partial charge in [0.1, 0.15) is 10.6 Å². The molecule has 6 nitrogen and oxygen atoms in total. The molecule has 25 heavy (non-hydrogen) atoms. The first-order valence-corrected chi connectivity index (χ1v) is 9.87. The number of hydrogen-bond acceptors (Lipinski definition) is 4. The summed E-state index contributed by atoms with van der Waals surface area (Å²) in [6, 6.07) is 3.55. The molecule has 0 saturated carbocycles. The monoisotopic (exact) mass is 368 g/mol.